The van der Waals surface area contributed by atoms with Crippen LogP contribution in [-0.4, -0.2) is 16.1 Å². The molecule has 2 aromatic carbocycles. The normalized spacial score (nSPS) is 10.6. The molecule has 6 nitrogen and oxygen atoms in total. The molecule has 7 heteroatoms. The highest BCUT2D eigenvalue weighted by Gasteiger charge is 2.10. The second-order valence-corrected chi connectivity index (χ2v) is 6.59. The lowest BCUT2D eigenvalue weighted by Crippen LogP contribution is -2.22. The Hall–Kier alpha value is -4.00. The van der Waals surface area contributed by atoms with E-state index in [2.05, 4.69) is 15.5 Å². The summed E-state index contributed by atoms with van der Waals surface area (Å²) in [5.74, 6) is 1.69. The van der Waals surface area contributed by atoms with Crippen LogP contribution in [0, 0.1) is 12.7 Å². The first-order chi connectivity index (χ1) is 14.6. The van der Waals surface area contributed by atoms with E-state index in [0.717, 1.165) is 11.3 Å². The van der Waals surface area contributed by atoms with Gasteiger partial charge in [0.05, 0.1) is 12.2 Å². The van der Waals surface area contributed by atoms with Gasteiger partial charge in [0.1, 0.15) is 23.1 Å². The van der Waals surface area contributed by atoms with Gasteiger partial charge in [-0.05, 0) is 61.5 Å². The first-order valence-electron chi connectivity index (χ1n) is 9.28. The fourth-order valence-corrected chi connectivity index (χ4v) is 2.82. The van der Waals surface area contributed by atoms with Crippen LogP contribution in [0.25, 0.3) is 11.3 Å². The Bertz CT molecular complexity index is 1160. The number of aromatic nitrogens is 2. The smallest absolute Gasteiger partial charge is 0.251 e. The highest BCUT2D eigenvalue weighted by Crippen LogP contribution is 2.22. The number of rotatable bonds is 6. The van der Waals surface area contributed by atoms with Gasteiger partial charge < -0.3 is 14.5 Å². The number of hydrogen-bond donors (Lipinski definition) is 1. The molecule has 0 aliphatic heterocycles. The summed E-state index contributed by atoms with van der Waals surface area (Å²) < 4.78 is 24.0. The molecule has 0 saturated carbocycles. The molecule has 0 saturated heterocycles. The van der Waals surface area contributed by atoms with Gasteiger partial charge in [0, 0.05) is 17.2 Å². The predicted octanol–water partition coefficient (Wildman–Crippen LogP) is 4.91. The summed E-state index contributed by atoms with van der Waals surface area (Å²) in [5, 5.41) is 11.0. The van der Waals surface area contributed by atoms with Crippen molar-refractivity contribution in [2.45, 2.75) is 13.5 Å². The van der Waals surface area contributed by atoms with Crippen LogP contribution in [0.15, 0.2) is 77.2 Å². The summed E-state index contributed by atoms with van der Waals surface area (Å²) in [6, 6.07) is 19.8. The SMILES string of the molecule is Cc1ccc(CNC(=O)c2cccc(-c3ccc(Oc4ccc(F)cc4)nn3)c2)o1. The molecule has 0 bridgehead atoms. The number of amides is 1. The quantitative estimate of drug-likeness (QED) is 0.495. The van der Waals surface area contributed by atoms with E-state index < -0.39 is 0 Å². The summed E-state index contributed by atoms with van der Waals surface area (Å²) in [7, 11) is 0. The highest BCUT2D eigenvalue weighted by atomic mass is 19.1. The van der Waals surface area contributed by atoms with Gasteiger partial charge in [-0.1, -0.05) is 12.1 Å². The van der Waals surface area contributed by atoms with Crippen molar-refractivity contribution < 1.29 is 18.3 Å². The molecule has 0 fully saturated rings. The zero-order chi connectivity index (χ0) is 20.9. The van der Waals surface area contributed by atoms with Crippen molar-refractivity contribution in [2.75, 3.05) is 0 Å². The number of nitrogens with one attached hydrogen (secondary N) is 1. The van der Waals surface area contributed by atoms with Crippen LogP contribution in [0.4, 0.5) is 4.39 Å². The maximum Gasteiger partial charge on any atom is 0.251 e. The van der Waals surface area contributed by atoms with Gasteiger partial charge in [-0.3, -0.25) is 4.79 Å². The molecule has 2 aromatic heterocycles. The van der Waals surface area contributed by atoms with Gasteiger partial charge >= 0.3 is 0 Å². The summed E-state index contributed by atoms with van der Waals surface area (Å²) in [5.41, 5.74) is 1.85. The van der Waals surface area contributed by atoms with E-state index in [1.165, 1.54) is 24.3 Å². The van der Waals surface area contributed by atoms with Crippen LogP contribution in [0.1, 0.15) is 21.9 Å². The van der Waals surface area contributed by atoms with Crippen molar-refractivity contribution in [1.29, 1.82) is 0 Å². The standard InChI is InChI=1S/C23H18FN3O3/c1-15-5-8-20(29-15)14-25-23(28)17-4-2-3-16(13-17)21-11-12-22(27-26-21)30-19-9-6-18(24)7-10-19/h2-13H,14H2,1H3,(H,25,28). The van der Waals surface area contributed by atoms with E-state index in [-0.39, 0.29) is 17.6 Å². The first kappa shape index (κ1) is 19.3. The second-order valence-electron chi connectivity index (χ2n) is 6.59. The van der Waals surface area contributed by atoms with E-state index in [4.69, 9.17) is 9.15 Å². The summed E-state index contributed by atoms with van der Waals surface area (Å²) >= 11 is 0. The predicted molar refractivity (Wildman–Crippen MR) is 109 cm³/mol. The monoisotopic (exact) mass is 403 g/mol. The largest absolute Gasteiger partial charge is 0.465 e. The molecule has 0 atom stereocenters. The Labute approximate surface area is 172 Å². The van der Waals surface area contributed by atoms with Gasteiger partial charge in [-0.25, -0.2) is 4.39 Å². The molecule has 1 amide bonds. The lowest BCUT2D eigenvalue weighted by molar-refractivity contribution is 0.0948. The highest BCUT2D eigenvalue weighted by molar-refractivity contribution is 5.95. The molecule has 1 N–H and O–H groups in total. The third-order valence-corrected chi connectivity index (χ3v) is 4.32. The van der Waals surface area contributed by atoms with Gasteiger partial charge in [-0.15, -0.1) is 10.2 Å². The number of benzene rings is 2. The van der Waals surface area contributed by atoms with Crippen molar-refractivity contribution >= 4 is 5.91 Å². The number of carbonyl (C=O) groups is 1. The number of hydrogen-bond acceptors (Lipinski definition) is 5. The zero-order valence-corrected chi connectivity index (χ0v) is 16.1. The van der Waals surface area contributed by atoms with Gasteiger partial charge in [-0.2, -0.15) is 0 Å². The van der Waals surface area contributed by atoms with Crippen LogP contribution in [0.2, 0.25) is 0 Å². The van der Waals surface area contributed by atoms with Crippen LogP contribution < -0.4 is 10.1 Å². The molecule has 0 radical (unpaired) electrons. The lowest BCUT2D eigenvalue weighted by atomic mass is 10.1. The molecule has 4 aromatic rings. The zero-order valence-electron chi connectivity index (χ0n) is 16.1. The Morgan fingerprint density at radius 3 is 2.57 bits per heavy atom. The molecule has 0 unspecified atom stereocenters. The molecule has 30 heavy (non-hydrogen) atoms. The molecular formula is C23H18FN3O3. The number of furan rings is 1. The first-order valence-corrected chi connectivity index (χ1v) is 9.28. The van der Waals surface area contributed by atoms with Crippen molar-refractivity contribution in [2.24, 2.45) is 0 Å². The molecule has 0 spiro atoms. The van der Waals surface area contributed by atoms with E-state index in [9.17, 15) is 9.18 Å². The van der Waals surface area contributed by atoms with Gasteiger partial charge in [0.25, 0.3) is 5.91 Å². The maximum atomic E-state index is 13.0. The van der Waals surface area contributed by atoms with E-state index >= 15 is 0 Å². The van der Waals surface area contributed by atoms with Crippen LogP contribution in [-0.2, 0) is 6.54 Å². The Kier molecular flexibility index (Phi) is 5.52. The van der Waals surface area contributed by atoms with Crippen molar-refractivity contribution in [3.63, 3.8) is 0 Å². The van der Waals surface area contributed by atoms with Crippen molar-refractivity contribution in [3.05, 3.63) is 95.7 Å². The molecule has 4 rings (SSSR count). The molecular weight excluding hydrogens is 385 g/mol. The minimum absolute atomic E-state index is 0.213. The second kappa shape index (κ2) is 8.57. The van der Waals surface area contributed by atoms with Gasteiger partial charge in [0.15, 0.2) is 0 Å². The summed E-state index contributed by atoms with van der Waals surface area (Å²) in [6.45, 7) is 2.16. The fourth-order valence-electron chi connectivity index (χ4n) is 2.82. The molecule has 0 aliphatic rings. The minimum atomic E-state index is -0.341. The summed E-state index contributed by atoms with van der Waals surface area (Å²) in [4.78, 5) is 12.5. The Morgan fingerprint density at radius 2 is 1.87 bits per heavy atom. The average Bonchev–Trinajstić information content (AvgIpc) is 3.19. The molecule has 150 valence electrons. The number of aryl methyl sites for hydroxylation is 1. The third-order valence-electron chi connectivity index (χ3n) is 4.32. The maximum absolute atomic E-state index is 13.0. The van der Waals surface area contributed by atoms with E-state index in [0.29, 0.717) is 29.3 Å². The topological polar surface area (TPSA) is 77.2 Å². The van der Waals surface area contributed by atoms with Gasteiger partial charge in [0.2, 0.25) is 5.88 Å². The van der Waals surface area contributed by atoms with E-state index in [1.807, 2.05) is 25.1 Å². The lowest BCUT2D eigenvalue weighted by Gasteiger charge is -2.07. The molecule has 0 aliphatic carbocycles. The van der Waals surface area contributed by atoms with Crippen molar-refractivity contribution in [1.82, 2.24) is 15.5 Å². The number of nitrogens with zero attached hydrogens (tertiary/aromatic N) is 2. The fraction of sp³-hybridized carbons (Fsp3) is 0.0870. The number of halogens is 1. The van der Waals surface area contributed by atoms with Crippen molar-refractivity contribution in [3.8, 4) is 22.9 Å². The Morgan fingerprint density at radius 1 is 1.03 bits per heavy atom. The van der Waals surface area contributed by atoms with Crippen LogP contribution in [0.5, 0.6) is 11.6 Å². The number of carbonyl (C=O) groups excluding carboxylic acids is 1. The summed E-state index contributed by atoms with van der Waals surface area (Å²) in [6.07, 6.45) is 0. The Balaban J connectivity index is 1.43. The van der Waals surface area contributed by atoms with E-state index in [1.54, 1.807) is 30.3 Å². The van der Waals surface area contributed by atoms with Crippen LogP contribution in [0.3, 0.4) is 0 Å². The third kappa shape index (κ3) is 4.70. The number of ether oxygens (including phenoxy) is 1. The van der Waals surface area contributed by atoms with Crippen LogP contribution >= 0.6 is 0 Å². The molecule has 2 heterocycles. The minimum Gasteiger partial charge on any atom is -0.465 e. The average molecular weight is 403 g/mol.